The highest BCUT2D eigenvalue weighted by atomic mass is 35.5. The average molecular weight is 375 g/mol. The first-order valence-corrected chi connectivity index (χ1v) is 8.82. The maximum Gasteiger partial charge on any atom is 0.331 e. The van der Waals surface area contributed by atoms with E-state index in [0.717, 1.165) is 21.8 Å². The van der Waals surface area contributed by atoms with Crippen LogP contribution in [0.2, 0.25) is 5.15 Å². The number of nitrogens with zero attached hydrogens (tertiary/aromatic N) is 2. The molecular formula is C22H15ClN2O2. The van der Waals surface area contributed by atoms with Crippen molar-refractivity contribution in [3.05, 3.63) is 89.2 Å². The van der Waals surface area contributed by atoms with Gasteiger partial charge >= 0.3 is 5.97 Å². The molecule has 0 aliphatic heterocycles. The van der Waals surface area contributed by atoms with Crippen molar-refractivity contribution in [3.63, 3.8) is 0 Å². The molecular weight excluding hydrogens is 360 g/mol. The van der Waals surface area contributed by atoms with Crippen LogP contribution in [0.4, 0.5) is 0 Å². The fraction of sp³-hybridized carbons (Fsp3) is 0.0455. The second-order valence-corrected chi connectivity index (χ2v) is 6.36. The molecule has 0 unspecified atom stereocenters. The highest BCUT2D eigenvalue weighted by Crippen LogP contribution is 2.21. The van der Waals surface area contributed by atoms with Crippen molar-refractivity contribution in [1.82, 2.24) is 9.97 Å². The number of aromatic nitrogens is 2. The van der Waals surface area contributed by atoms with Crippen molar-refractivity contribution in [2.45, 2.75) is 6.61 Å². The Labute approximate surface area is 161 Å². The van der Waals surface area contributed by atoms with E-state index in [1.807, 2.05) is 66.7 Å². The molecule has 4 rings (SSSR count). The van der Waals surface area contributed by atoms with E-state index in [-0.39, 0.29) is 6.61 Å². The molecule has 0 aliphatic rings. The molecule has 5 heteroatoms. The highest BCUT2D eigenvalue weighted by molar-refractivity contribution is 6.30. The summed E-state index contributed by atoms with van der Waals surface area (Å²) in [4.78, 5) is 20.8. The van der Waals surface area contributed by atoms with E-state index in [4.69, 9.17) is 16.3 Å². The lowest BCUT2D eigenvalue weighted by atomic mass is 10.2. The lowest BCUT2D eigenvalue weighted by Crippen LogP contribution is -2.02. The minimum absolute atomic E-state index is 0.0605. The van der Waals surface area contributed by atoms with E-state index in [0.29, 0.717) is 16.4 Å². The van der Waals surface area contributed by atoms with Crippen LogP contribution in [0.1, 0.15) is 11.3 Å². The molecule has 2 aromatic heterocycles. The van der Waals surface area contributed by atoms with Gasteiger partial charge in [-0.15, -0.1) is 0 Å². The van der Waals surface area contributed by atoms with Crippen LogP contribution >= 0.6 is 11.6 Å². The highest BCUT2D eigenvalue weighted by Gasteiger charge is 2.07. The summed E-state index contributed by atoms with van der Waals surface area (Å²) in [5.74, 6) is -0.464. The lowest BCUT2D eigenvalue weighted by Gasteiger charge is -2.06. The van der Waals surface area contributed by atoms with E-state index >= 15 is 0 Å². The molecule has 0 saturated heterocycles. The Morgan fingerprint density at radius 3 is 2.44 bits per heavy atom. The Morgan fingerprint density at radius 2 is 1.63 bits per heavy atom. The van der Waals surface area contributed by atoms with Crippen molar-refractivity contribution in [2.24, 2.45) is 0 Å². The molecule has 0 spiro atoms. The van der Waals surface area contributed by atoms with Gasteiger partial charge in [-0.3, -0.25) is 0 Å². The molecule has 0 atom stereocenters. The number of benzene rings is 2. The SMILES string of the molecule is O=C(/C=C/c1ccc2ccccc2n1)OCc1cc2ccccc2nc1Cl. The molecule has 27 heavy (non-hydrogen) atoms. The summed E-state index contributed by atoms with van der Waals surface area (Å²) in [6.07, 6.45) is 2.99. The standard InChI is InChI=1S/C22H15ClN2O2/c23-22-17(13-16-6-2-4-8-20(16)25-22)14-27-21(26)12-11-18-10-9-15-5-1-3-7-19(15)24-18/h1-13H,14H2/b12-11+. The number of carbonyl (C=O) groups is 1. The fourth-order valence-electron chi connectivity index (χ4n) is 2.76. The number of pyridine rings is 2. The summed E-state index contributed by atoms with van der Waals surface area (Å²) in [6, 6.07) is 21.2. The molecule has 0 N–H and O–H groups in total. The van der Waals surface area contributed by atoms with E-state index in [9.17, 15) is 4.79 Å². The Balaban J connectivity index is 1.44. The molecule has 2 aromatic carbocycles. The smallest absolute Gasteiger partial charge is 0.331 e. The van der Waals surface area contributed by atoms with Crippen LogP contribution in [0.15, 0.2) is 72.8 Å². The van der Waals surface area contributed by atoms with E-state index < -0.39 is 5.97 Å². The second kappa shape index (κ2) is 7.56. The summed E-state index contributed by atoms with van der Waals surface area (Å²) in [6.45, 7) is 0.0605. The monoisotopic (exact) mass is 374 g/mol. The summed E-state index contributed by atoms with van der Waals surface area (Å²) in [5.41, 5.74) is 3.04. The zero-order chi connectivity index (χ0) is 18.6. The number of para-hydroxylation sites is 2. The zero-order valence-corrected chi connectivity index (χ0v) is 15.1. The summed E-state index contributed by atoms with van der Waals surface area (Å²) >= 11 is 6.18. The number of esters is 1. The van der Waals surface area contributed by atoms with Crippen LogP contribution in [-0.4, -0.2) is 15.9 Å². The van der Waals surface area contributed by atoms with E-state index in [1.165, 1.54) is 6.08 Å². The van der Waals surface area contributed by atoms with Gasteiger partial charge < -0.3 is 4.74 Å². The Bertz CT molecular complexity index is 1170. The lowest BCUT2D eigenvalue weighted by molar-refractivity contribution is -0.138. The molecule has 0 aliphatic carbocycles. The minimum atomic E-state index is -0.464. The van der Waals surface area contributed by atoms with Crippen molar-refractivity contribution >= 4 is 45.5 Å². The van der Waals surface area contributed by atoms with Gasteiger partial charge in [0.2, 0.25) is 0 Å². The van der Waals surface area contributed by atoms with Crippen LogP contribution in [0.5, 0.6) is 0 Å². The molecule has 4 nitrogen and oxygen atoms in total. The first-order valence-electron chi connectivity index (χ1n) is 8.44. The number of fused-ring (bicyclic) bond motifs is 2. The van der Waals surface area contributed by atoms with E-state index in [2.05, 4.69) is 9.97 Å². The maximum absolute atomic E-state index is 12.0. The predicted octanol–water partition coefficient (Wildman–Crippen LogP) is 5.19. The number of hydrogen-bond acceptors (Lipinski definition) is 4. The number of rotatable bonds is 4. The van der Waals surface area contributed by atoms with Gasteiger partial charge in [-0.2, -0.15) is 0 Å². The van der Waals surface area contributed by atoms with Gasteiger partial charge in [-0.1, -0.05) is 54.1 Å². The van der Waals surface area contributed by atoms with Crippen molar-refractivity contribution in [3.8, 4) is 0 Å². The molecule has 0 amide bonds. The van der Waals surface area contributed by atoms with Gasteiger partial charge in [0.15, 0.2) is 0 Å². The predicted molar refractivity (Wildman–Crippen MR) is 107 cm³/mol. The molecule has 0 bridgehead atoms. The van der Waals surface area contributed by atoms with Gasteiger partial charge in [0, 0.05) is 22.4 Å². The maximum atomic E-state index is 12.0. The van der Waals surface area contributed by atoms with Gasteiger partial charge in [0.05, 0.1) is 16.7 Å². The Kier molecular flexibility index (Phi) is 4.81. The number of ether oxygens (including phenoxy) is 1. The molecule has 0 radical (unpaired) electrons. The van der Waals surface area contributed by atoms with Gasteiger partial charge in [-0.25, -0.2) is 14.8 Å². The van der Waals surface area contributed by atoms with Gasteiger partial charge in [0.25, 0.3) is 0 Å². The normalized spacial score (nSPS) is 11.3. The molecule has 0 fully saturated rings. The fourth-order valence-corrected chi connectivity index (χ4v) is 2.96. The minimum Gasteiger partial charge on any atom is -0.458 e. The summed E-state index contributed by atoms with van der Waals surface area (Å²) in [5, 5.41) is 2.33. The number of halogens is 1. The third-order valence-corrected chi connectivity index (χ3v) is 4.46. The molecule has 2 heterocycles. The Hall–Kier alpha value is -3.24. The first-order chi connectivity index (χ1) is 13.2. The average Bonchev–Trinajstić information content (AvgIpc) is 2.70. The number of hydrogen-bond donors (Lipinski definition) is 0. The number of carbonyl (C=O) groups excluding carboxylic acids is 1. The Morgan fingerprint density at radius 1 is 0.926 bits per heavy atom. The summed E-state index contributed by atoms with van der Waals surface area (Å²) < 4.78 is 5.29. The molecule has 4 aromatic rings. The van der Waals surface area contributed by atoms with Crippen molar-refractivity contribution < 1.29 is 9.53 Å². The third-order valence-electron chi connectivity index (χ3n) is 4.13. The molecule has 132 valence electrons. The second-order valence-electron chi connectivity index (χ2n) is 6.00. The van der Waals surface area contributed by atoms with Crippen LogP contribution in [0, 0.1) is 0 Å². The zero-order valence-electron chi connectivity index (χ0n) is 14.3. The van der Waals surface area contributed by atoms with Crippen LogP contribution in [-0.2, 0) is 16.1 Å². The van der Waals surface area contributed by atoms with E-state index in [1.54, 1.807) is 6.08 Å². The first kappa shape index (κ1) is 17.2. The summed E-state index contributed by atoms with van der Waals surface area (Å²) in [7, 11) is 0. The van der Waals surface area contributed by atoms with Crippen molar-refractivity contribution in [2.75, 3.05) is 0 Å². The van der Waals surface area contributed by atoms with Gasteiger partial charge in [-0.05, 0) is 30.3 Å². The van der Waals surface area contributed by atoms with Crippen LogP contribution in [0.3, 0.4) is 0 Å². The van der Waals surface area contributed by atoms with Gasteiger partial charge in [0.1, 0.15) is 11.8 Å². The molecule has 0 saturated carbocycles. The largest absolute Gasteiger partial charge is 0.458 e. The van der Waals surface area contributed by atoms with Crippen LogP contribution in [0.25, 0.3) is 27.9 Å². The topological polar surface area (TPSA) is 52.1 Å². The third kappa shape index (κ3) is 3.96. The van der Waals surface area contributed by atoms with Crippen molar-refractivity contribution in [1.29, 1.82) is 0 Å². The van der Waals surface area contributed by atoms with Crippen LogP contribution < -0.4 is 0 Å². The quantitative estimate of drug-likeness (QED) is 0.280.